The van der Waals surface area contributed by atoms with Crippen molar-refractivity contribution in [3.05, 3.63) is 41.0 Å². The highest BCUT2D eigenvalue weighted by atomic mass is 35.5. The summed E-state index contributed by atoms with van der Waals surface area (Å²) in [6, 6.07) is 8.97. The third-order valence-corrected chi connectivity index (χ3v) is 3.36. The second-order valence-electron chi connectivity index (χ2n) is 5.64. The fraction of sp³-hybridized carbons (Fsp3) is 0.375. The zero-order valence-electron chi connectivity index (χ0n) is 12.4. The van der Waals surface area contributed by atoms with Gasteiger partial charge in [-0.05, 0) is 32.9 Å². The van der Waals surface area contributed by atoms with Crippen LogP contribution in [0.5, 0.6) is 0 Å². The zero-order chi connectivity index (χ0) is 15.6. The first kappa shape index (κ1) is 15.7. The van der Waals surface area contributed by atoms with Crippen molar-refractivity contribution in [3.8, 4) is 0 Å². The summed E-state index contributed by atoms with van der Waals surface area (Å²) >= 11 is 6.02. The van der Waals surface area contributed by atoms with E-state index in [0.717, 1.165) is 5.39 Å². The molecule has 1 aromatic heterocycles. The van der Waals surface area contributed by atoms with Crippen LogP contribution in [0.2, 0.25) is 5.15 Å². The number of pyridine rings is 1. The highest BCUT2D eigenvalue weighted by molar-refractivity contribution is 6.30. The van der Waals surface area contributed by atoms with Crippen molar-refractivity contribution in [1.82, 2.24) is 9.88 Å². The molecule has 0 aliphatic rings. The first-order valence-corrected chi connectivity index (χ1v) is 7.26. The van der Waals surface area contributed by atoms with Crippen LogP contribution >= 0.6 is 11.6 Å². The first-order valence-electron chi connectivity index (χ1n) is 6.89. The van der Waals surface area contributed by atoms with Crippen molar-refractivity contribution in [2.24, 2.45) is 0 Å². The molecule has 0 atom stereocenters. The largest absolute Gasteiger partial charge is 0.389 e. The molecule has 1 amide bonds. The lowest BCUT2D eigenvalue weighted by Crippen LogP contribution is -2.42. The number of aromatic nitrogens is 1. The monoisotopic (exact) mass is 306 g/mol. The summed E-state index contributed by atoms with van der Waals surface area (Å²) < 4.78 is 0. The summed E-state index contributed by atoms with van der Waals surface area (Å²) in [7, 11) is 0. The maximum absolute atomic E-state index is 12.7. The normalized spacial score (nSPS) is 11.7. The van der Waals surface area contributed by atoms with Gasteiger partial charge in [-0.15, -0.1) is 0 Å². The average Bonchev–Trinajstić information content (AvgIpc) is 2.42. The van der Waals surface area contributed by atoms with E-state index in [2.05, 4.69) is 4.98 Å². The number of fused-ring (bicyclic) bond motifs is 1. The Morgan fingerprint density at radius 1 is 1.38 bits per heavy atom. The summed E-state index contributed by atoms with van der Waals surface area (Å²) in [5.74, 6) is -0.153. The van der Waals surface area contributed by atoms with E-state index in [4.69, 9.17) is 11.6 Å². The summed E-state index contributed by atoms with van der Waals surface area (Å²) in [4.78, 5) is 18.6. The number of benzene rings is 1. The molecule has 1 heterocycles. The second-order valence-corrected chi connectivity index (χ2v) is 6.03. The van der Waals surface area contributed by atoms with Gasteiger partial charge in [-0.2, -0.15) is 0 Å². The topological polar surface area (TPSA) is 53.4 Å². The smallest absolute Gasteiger partial charge is 0.254 e. The highest BCUT2D eigenvalue weighted by Crippen LogP contribution is 2.22. The fourth-order valence-electron chi connectivity index (χ4n) is 2.28. The number of likely N-dealkylation sites (N-methyl/N-ethyl adjacent to an activating group) is 1. The SMILES string of the molecule is CCN(CC(C)(C)O)C(=O)c1cc(Cl)nc2ccccc12. The molecule has 2 rings (SSSR count). The third kappa shape index (κ3) is 3.71. The summed E-state index contributed by atoms with van der Waals surface area (Å²) in [5, 5.41) is 11.0. The van der Waals surface area contributed by atoms with Gasteiger partial charge in [0.25, 0.3) is 5.91 Å². The zero-order valence-corrected chi connectivity index (χ0v) is 13.2. The van der Waals surface area contributed by atoms with Gasteiger partial charge >= 0.3 is 0 Å². The Morgan fingerprint density at radius 3 is 2.67 bits per heavy atom. The van der Waals surface area contributed by atoms with Gasteiger partial charge in [0.05, 0.1) is 16.7 Å². The fourth-order valence-corrected chi connectivity index (χ4v) is 2.48. The van der Waals surface area contributed by atoms with E-state index < -0.39 is 5.60 Å². The number of carbonyl (C=O) groups is 1. The number of carbonyl (C=O) groups excluding carboxylic acids is 1. The maximum atomic E-state index is 12.7. The Morgan fingerprint density at radius 2 is 2.05 bits per heavy atom. The number of halogens is 1. The molecule has 0 aliphatic heterocycles. The Balaban J connectivity index is 2.47. The Kier molecular flexibility index (Phi) is 4.49. The minimum Gasteiger partial charge on any atom is -0.389 e. The van der Waals surface area contributed by atoms with Crippen molar-refractivity contribution in [2.45, 2.75) is 26.4 Å². The lowest BCUT2D eigenvalue weighted by atomic mass is 10.1. The lowest BCUT2D eigenvalue weighted by molar-refractivity contribution is 0.0315. The predicted octanol–water partition coefficient (Wildman–Crippen LogP) is 3.12. The van der Waals surface area contributed by atoms with Crippen LogP contribution in [-0.2, 0) is 0 Å². The lowest BCUT2D eigenvalue weighted by Gasteiger charge is -2.28. The molecule has 0 saturated carbocycles. The van der Waals surface area contributed by atoms with Crippen LogP contribution in [0.3, 0.4) is 0 Å². The van der Waals surface area contributed by atoms with Crippen LogP contribution in [0.15, 0.2) is 30.3 Å². The van der Waals surface area contributed by atoms with Gasteiger partial charge < -0.3 is 10.0 Å². The average molecular weight is 307 g/mol. The van der Waals surface area contributed by atoms with Crippen molar-refractivity contribution in [1.29, 1.82) is 0 Å². The first-order chi connectivity index (χ1) is 9.81. The minimum atomic E-state index is -0.946. The molecule has 112 valence electrons. The number of para-hydroxylation sites is 1. The van der Waals surface area contributed by atoms with Gasteiger partial charge in [0, 0.05) is 18.5 Å². The molecule has 21 heavy (non-hydrogen) atoms. The summed E-state index contributed by atoms with van der Waals surface area (Å²) in [6.45, 7) is 6.02. The molecular weight excluding hydrogens is 288 g/mol. The van der Waals surface area contributed by atoms with Gasteiger partial charge in [-0.3, -0.25) is 4.79 Å². The van der Waals surface area contributed by atoms with Crippen LogP contribution in [-0.4, -0.2) is 39.6 Å². The molecule has 4 nitrogen and oxygen atoms in total. The molecule has 0 aliphatic carbocycles. The summed E-state index contributed by atoms with van der Waals surface area (Å²) in [6.07, 6.45) is 0. The van der Waals surface area contributed by atoms with Crippen LogP contribution < -0.4 is 0 Å². The predicted molar refractivity (Wildman–Crippen MR) is 84.6 cm³/mol. The molecular formula is C16H19ClN2O2. The molecule has 5 heteroatoms. The van der Waals surface area contributed by atoms with E-state index in [1.54, 1.807) is 24.8 Å². The molecule has 0 radical (unpaired) electrons. The summed E-state index contributed by atoms with van der Waals surface area (Å²) in [5.41, 5.74) is 0.252. The van der Waals surface area contributed by atoms with Gasteiger partial charge in [0.1, 0.15) is 5.15 Å². The maximum Gasteiger partial charge on any atom is 0.254 e. The van der Waals surface area contributed by atoms with E-state index in [1.165, 1.54) is 0 Å². The molecule has 0 saturated heterocycles. The van der Waals surface area contributed by atoms with Crippen molar-refractivity contribution >= 4 is 28.4 Å². The van der Waals surface area contributed by atoms with Crippen molar-refractivity contribution in [2.75, 3.05) is 13.1 Å². The van der Waals surface area contributed by atoms with Gasteiger partial charge in [0.15, 0.2) is 0 Å². The number of hydrogen-bond donors (Lipinski definition) is 1. The van der Waals surface area contributed by atoms with Crippen LogP contribution in [0.1, 0.15) is 31.1 Å². The van der Waals surface area contributed by atoms with E-state index in [-0.39, 0.29) is 17.6 Å². The van der Waals surface area contributed by atoms with E-state index in [9.17, 15) is 9.90 Å². The van der Waals surface area contributed by atoms with E-state index >= 15 is 0 Å². The molecule has 1 aromatic carbocycles. The quantitative estimate of drug-likeness (QED) is 0.883. The van der Waals surface area contributed by atoms with E-state index in [0.29, 0.717) is 17.6 Å². The van der Waals surface area contributed by atoms with Crippen LogP contribution in [0.25, 0.3) is 10.9 Å². The standard InChI is InChI=1S/C16H19ClN2O2/c1-4-19(10-16(2,3)21)15(20)12-9-14(17)18-13-8-6-5-7-11(12)13/h5-9,21H,4,10H2,1-3H3. The molecule has 2 aromatic rings. The number of rotatable bonds is 4. The molecule has 0 unspecified atom stereocenters. The van der Waals surface area contributed by atoms with E-state index in [1.807, 2.05) is 31.2 Å². The number of amides is 1. The Hall–Kier alpha value is -1.65. The van der Waals surface area contributed by atoms with Crippen molar-refractivity contribution < 1.29 is 9.90 Å². The Labute approximate surface area is 129 Å². The van der Waals surface area contributed by atoms with Crippen molar-refractivity contribution in [3.63, 3.8) is 0 Å². The highest BCUT2D eigenvalue weighted by Gasteiger charge is 2.24. The Bertz CT molecular complexity index is 665. The minimum absolute atomic E-state index is 0.153. The van der Waals surface area contributed by atoms with Crippen LogP contribution in [0, 0.1) is 0 Å². The molecule has 0 fully saturated rings. The number of hydrogen-bond acceptors (Lipinski definition) is 3. The number of nitrogens with zero attached hydrogens (tertiary/aromatic N) is 2. The van der Waals surface area contributed by atoms with Gasteiger partial charge in [-0.25, -0.2) is 4.98 Å². The number of aliphatic hydroxyl groups is 1. The molecule has 0 bridgehead atoms. The van der Waals surface area contributed by atoms with Crippen LogP contribution in [0.4, 0.5) is 0 Å². The molecule has 1 N–H and O–H groups in total. The third-order valence-electron chi connectivity index (χ3n) is 3.16. The second kappa shape index (κ2) is 6.00. The van der Waals surface area contributed by atoms with Gasteiger partial charge in [-0.1, -0.05) is 29.8 Å². The van der Waals surface area contributed by atoms with Gasteiger partial charge in [0.2, 0.25) is 0 Å². The molecule has 0 spiro atoms.